The molecule has 1 aliphatic heterocycles. The van der Waals surface area contributed by atoms with Gasteiger partial charge in [0.15, 0.2) is 0 Å². The summed E-state index contributed by atoms with van der Waals surface area (Å²) in [6.45, 7) is 4.68. The van der Waals surface area contributed by atoms with Gasteiger partial charge < -0.3 is 14.8 Å². The van der Waals surface area contributed by atoms with E-state index in [1.807, 2.05) is 25.0 Å². The maximum atomic E-state index is 5.92. The third-order valence-corrected chi connectivity index (χ3v) is 3.93. The van der Waals surface area contributed by atoms with E-state index in [2.05, 4.69) is 23.5 Å². The second-order valence-corrected chi connectivity index (χ2v) is 5.22. The van der Waals surface area contributed by atoms with Crippen molar-refractivity contribution in [3.8, 4) is 0 Å². The molecule has 5 heteroatoms. The first-order valence-corrected chi connectivity index (χ1v) is 7.06. The van der Waals surface area contributed by atoms with Crippen LogP contribution in [0.4, 0.5) is 0 Å². The van der Waals surface area contributed by atoms with Crippen molar-refractivity contribution in [1.29, 1.82) is 0 Å². The Morgan fingerprint density at radius 1 is 1.53 bits per heavy atom. The van der Waals surface area contributed by atoms with Gasteiger partial charge in [-0.25, -0.2) is 0 Å². The Kier molecular flexibility index (Phi) is 4.96. The van der Waals surface area contributed by atoms with Gasteiger partial charge in [-0.3, -0.25) is 4.68 Å². The van der Waals surface area contributed by atoms with Gasteiger partial charge in [0.05, 0.1) is 17.8 Å². The second-order valence-electron chi connectivity index (χ2n) is 5.22. The average molecular weight is 267 g/mol. The molecule has 0 saturated carbocycles. The van der Waals surface area contributed by atoms with Crippen molar-refractivity contribution >= 4 is 0 Å². The number of nitrogens with zero attached hydrogens (tertiary/aromatic N) is 2. The molecule has 108 valence electrons. The molecule has 0 amide bonds. The Morgan fingerprint density at radius 2 is 2.26 bits per heavy atom. The standard InChI is InChI=1S/C14H25N3O2/c1-4-7-15-13(12-10-16-17(2)11-12)14(18-3)5-8-19-9-6-14/h10-11,13,15H,4-9H2,1-3H3. The lowest BCUT2D eigenvalue weighted by molar-refractivity contribution is -0.111. The van der Waals surface area contributed by atoms with Gasteiger partial charge in [-0.05, 0) is 13.0 Å². The predicted molar refractivity (Wildman–Crippen MR) is 74.0 cm³/mol. The first kappa shape index (κ1) is 14.5. The van der Waals surface area contributed by atoms with E-state index in [0.29, 0.717) is 0 Å². The summed E-state index contributed by atoms with van der Waals surface area (Å²) < 4.78 is 13.3. The fourth-order valence-electron chi connectivity index (χ4n) is 2.81. The largest absolute Gasteiger partial charge is 0.381 e. The molecule has 0 aromatic carbocycles. The molecule has 1 atom stereocenters. The summed E-state index contributed by atoms with van der Waals surface area (Å²) in [5, 5.41) is 7.92. The van der Waals surface area contributed by atoms with Crippen LogP contribution in [0.3, 0.4) is 0 Å². The lowest BCUT2D eigenvalue weighted by Gasteiger charge is -2.42. The quantitative estimate of drug-likeness (QED) is 0.851. The fourth-order valence-corrected chi connectivity index (χ4v) is 2.81. The normalized spacial score (nSPS) is 20.4. The van der Waals surface area contributed by atoms with Crippen LogP contribution in [0.25, 0.3) is 0 Å². The summed E-state index contributed by atoms with van der Waals surface area (Å²) in [7, 11) is 3.76. The van der Waals surface area contributed by atoms with Gasteiger partial charge in [0.2, 0.25) is 0 Å². The molecule has 0 aliphatic carbocycles. The summed E-state index contributed by atoms with van der Waals surface area (Å²) in [5.41, 5.74) is 1.01. The molecule has 1 N–H and O–H groups in total. The van der Waals surface area contributed by atoms with Crippen molar-refractivity contribution in [3.05, 3.63) is 18.0 Å². The Hall–Kier alpha value is -0.910. The molecular weight excluding hydrogens is 242 g/mol. The zero-order valence-corrected chi connectivity index (χ0v) is 12.2. The van der Waals surface area contributed by atoms with Gasteiger partial charge in [-0.15, -0.1) is 0 Å². The van der Waals surface area contributed by atoms with Gasteiger partial charge >= 0.3 is 0 Å². The van der Waals surface area contributed by atoms with Gasteiger partial charge in [-0.1, -0.05) is 6.92 Å². The highest BCUT2D eigenvalue weighted by atomic mass is 16.5. The van der Waals surface area contributed by atoms with Crippen LogP contribution in [0.2, 0.25) is 0 Å². The van der Waals surface area contributed by atoms with Crippen molar-refractivity contribution in [2.24, 2.45) is 7.05 Å². The lowest BCUT2D eigenvalue weighted by Crippen LogP contribution is -2.49. The second kappa shape index (κ2) is 6.50. The Bertz CT molecular complexity index is 386. The zero-order chi connectivity index (χ0) is 13.7. The monoisotopic (exact) mass is 267 g/mol. The molecule has 1 aromatic heterocycles. The highest BCUT2D eigenvalue weighted by Gasteiger charge is 2.41. The van der Waals surface area contributed by atoms with Crippen LogP contribution in [-0.4, -0.2) is 42.2 Å². The van der Waals surface area contributed by atoms with Gasteiger partial charge in [0, 0.05) is 52.0 Å². The van der Waals surface area contributed by atoms with Gasteiger partial charge in [0.1, 0.15) is 0 Å². The third kappa shape index (κ3) is 3.16. The number of methoxy groups -OCH3 is 1. The number of rotatable bonds is 6. The van der Waals surface area contributed by atoms with Crippen molar-refractivity contribution < 1.29 is 9.47 Å². The Balaban J connectivity index is 2.24. The van der Waals surface area contributed by atoms with E-state index in [4.69, 9.17) is 9.47 Å². The molecule has 2 heterocycles. The predicted octanol–water partition coefficient (Wildman–Crippen LogP) is 1.66. The minimum absolute atomic E-state index is 0.176. The topological polar surface area (TPSA) is 48.3 Å². The lowest BCUT2D eigenvalue weighted by atomic mass is 9.83. The number of hydrogen-bond acceptors (Lipinski definition) is 4. The molecule has 2 rings (SSSR count). The first-order valence-electron chi connectivity index (χ1n) is 7.06. The van der Waals surface area contributed by atoms with E-state index >= 15 is 0 Å². The van der Waals surface area contributed by atoms with Crippen LogP contribution in [-0.2, 0) is 16.5 Å². The number of aromatic nitrogens is 2. The van der Waals surface area contributed by atoms with Crippen LogP contribution in [0.15, 0.2) is 12.4 Å². The molecular formula is C14H25N3O2. The first-order chi connectivity index (χ1) is 9.22. The fraction of sp³-hybridized carbons (Fsp3) is 0.786. The van der Waals surface area contributed by atoms with E-state index < -0.39 is 0 Å². The van der Waals surface area contributed by atoms with Crippen LogP contribution in [0.5, 0.6) is 0 Å². The number of ether oxygens (including phenoxy) is 2. The molecule has 0 bridgehead atoms. The van der Waals surface area contributed by atoms with E-state index in [1.54, 1.807) is 0 Å². The van der Waals surface area contributed by atoms with Crippen LogP contribution in [0.1, 0.15) is 37.8 Å². The SMILES string of the molecule is CCCNC(c1cnn(C)c1)C1(OC)CCOCC1. The Labute approximate surface area is 115 Å². The van der Waals surface area contributed by atoms with Crippen LogP contribution in [0, 0.1) is 0 Å². The summed E-state index contributed by atoms with van der Waals surface area (Å²) in [6.07, 6.45) is 6.94. The number of hydrogen-bond donors (Lipinski definition) is 1. The molecule has 0 spiro atoms. The maximum absolute atomic E-state index is 5.92. The molecule has 1 fully saturated rings. The van der Waals surface area contributed by atoms with Crippen molar-refractivity contribution in [2.75, 3.05) is 26.9 Å². The molecule has 1 aromatic rings. The molecule has 1 unspecified atom stereocenters. The van der Waals surface area contributed by atoms with Gasteiger partial charge in [-0.2, -0.15) is 5.10 Å². The average Bonchev–Trinajstić information content (AvgIpc) is 2.86. The van der Waals surface area contributed by atoms with E-state index in [0.717, 1.165) is 39.0 Å². The summed E-state index contributed by atoms with van der Waals surface area (Å²) in [4.78, 5) is 0. The summed E-state index contributed by atoms with van der Waals surface area (Å²) in [5.74, 6) is 0. The van der Waals surface area contributed by atoms with Crippen molar-refractivity contribution in [2.45, 2.75) is 37.8 Å². The zero-order valence-electron chi connectivity index (χ0n) is 12.2. The van der Waals surface area contributed by atoms with Crippen molar-refractivity contribution in [1.82, 2.24) is 15.1 Å². The van der Waals surface area contributed by atoms with Crippen molar-refractivity contribution in [3.63, 3.8) is 0 Å². The third-order valence-electron chi connectivity index (χ3n) is 3.93. The Morgan fingerprint density at radius 3 is 2.79 bits per heavy atom. The number of aryl methyl sites for hydroxylation is 1. The molecule has 5 nitrogen and oxygen atoms in total. The highest BCUT2D eigenvalue weighted by molar-refractivity contribution is 5.17. The summed E-state index contributed by atoms with van der Waals surface area (Å²) in [6, 6.07) is 0.176. The molecule has 19 heavy (non-hydrogen) atoms. The molecule has 1 saturated heterocycles. The van der Waals surface area contributed by atoms with E-state index in [9.17, 15) is 0 Å². The van der Waals surface area contributed by atoms with Crippen LogP contribution < -0.4 is 5.32 Å². The van der Waals surface area contributed by atoms with Gasteiger partial charge in [0.25, 0.3) is 0 Å². The minimum Gasteiger partial charge on any atom is -0.381 e. The van der Waals surface area contributed by atoms with Crippen LogP contribution >= 0.6 is 0 Å². The number of nitrogens with one attached hydrogen (secondary N) is 1. The maximum Gasteiger partial charge on any atom is 0.0917 e. The summed E-state index contributed by atoms with van der Waals surface area (Å²) >= 11 is 0. The van der Waals surface area contributed by atoms with E-state index in [1.165, 1.54) is 5.56 Å². The molecule has 1 aliphatic rings. The minimum atomic E-state index is -0.184. The van der Waals surface area contributed by atoms with E-state index in [-0.39, 0.29) is 11.6 Å². The molecule has 0 radical (unpaired) electrons. The highest BCUT2D eigenvalue weighted by Crippen LogP contribution is 2.37. The smallest absolute Gasteiger partial charge is 0.0917 e.